The SMILES string of the molecule is Fc1cccc(-c2n[nH]c(-c3cccs3)n2)c1Br. The van der Waals surface area contributed by atoms with E-state index in [0.717, 1.165) is 4.88 Å². The van der Waals surface area contributed by atoms with Crippen LogP contribution >= 0.6 is 27.3 Å². The molecule has 90 valence electrons. The van der Waals surface area contributed by atoms with E-state index in [1.165, 1.54) is 6.07 Å². The molecule has 0 unspecified atom stereocenters. The average Bonchev–Trinajstić information content (AvgIpc) is 3.01. The predicted molar refractivity (Wildman–Crippen MR) is 72.8 cm³/mol. The molecule has 3 rings (SSSR count). The maximum atomic E-state index is 13.4. The molecule has 3 aromatic rings. The number of aromatic nitrogens is 3. The van der Waals surface area contributed by atoms with E-state index >= 15 is 0 Å². The fourth-order valence-corrected chi connectivity index (χ4v) is 2.69. The van der Waals surface area contributed by atoms with Gasteiger partial charge in [-0.1, -0.05) is 12.1 Å². The zero-order valence-electron chi connectivity index (χ0n) is 9.02. The van der Waals surface area contributed by atoms with E-state index in [1.54, 1.807) is 23.5 Å². The fraction of sp³-hybridized carbons (Fsp3) is 0. The number of nitrogens with one attached hydrogen (secondary N) is 1. The summed E-state index contributed by atoms with van der Waals surface area (Å²) in [4.78, 5) is 5.37. The average molecular weight is 324 g/mol. The number of hydrogen-bond donors (Lipinski definition) is 1. The third kappa shape index (κ3) is 1.97. The Balaban J connectivity index is 2.06. The van der Waals surface area contributed by atoms with E-state index in [1.807, 2.05) is 17.5 Å². The van der Waals surface area contributed by atoms with Gasteiger partial charge in [0.25, 0.3) is 0 Å². The van der Waals surface area contributed by atoms with Gasteiger partial charge in [-0.15, -0.1) is 11.3 Å². The summed E-state index contributed by atoms with van der Waals surface area (Å²) in [5, 5.41) is 8.95. The van der Waals surface area contributed by atoms with Crippen molar-refractivity contribution in [3.63, 3.8) is 0 Å². The van der Waals surface area contributed by atoms with Crippen molar-refractivity contribution in [2.24, 2.45) is 0 Å². The molecule has 0 saturated carbocycles. The molecule has 0 aliphatic carbocycles. The topological polar surface area (TPSA) is 41.6 Å². The first-order valence-electron chi connectivity index (χ1n) is 5.16. The van der Waals surface area contributed by atoms with Crippen LogP contribution in [0.3, 0.4) is 0 Å². The number of benzene rings is 1. The number of hydrogen-bond acceptors (Lipinski definition) is 3. The molecule has 1 aromatic carbocycles. The normalized spacial score (nSPS) is 10.8. The molecule has 0 fully saturated rings. The minimum atomic E-state index is -0.324. The molecule has 2 heterocycles. The van der Waals surface area contributed by atoms with Crippen LogP contribution in [-0.2, 0) is 0 Å². The van der Waals surface area contributed by atoms with Crippen molar-refractivity contribution >= 4 is 27.3 Å². The van der Waals surface area contributed by atoms with E-state index in [9.17, 15) is 4.39 Å². The van der Waals surface area contributed by atoms with E-state index < -0.39 is 0 Å². The highest BCUT2D eigenvalue weighted by atomic mass is 79.9. The van der Waals surface area contributed by atoms with Gasteiger partial charge in [0.2, 0.25) is 0 Å². The second-order valence-electron chi connectivity index (χ2n) is 3.59. The third-order valence-corrected chi connectivity index (χ3v) is 4.12. The number of rotatable bonds is 2. The summed E-state index contributed by atoms with van der Waals surface area (Å²) in [5.41, 5.74) is 0.633. The zero-order valence-corrected chi connectivity index (χ0v) is 11.4. The van der Waals surface area contributed by atoms with Crippen molar-refractivity contribution in [3.8, 4) is 22.1 Å². The molecule has 0 atom stereocenters. The van der Waals surface area contributed by atoms with Gasteiger partial charge < -0.3 is 0 Å². The van der Waals surface area contributed by atoms with E-state index in [0.29, 0.717) is 21.7 Å². The second-order valence-corrected chi connectivity index (χ2v) is 5.33. The highest BCUT2D eigenvalue weighted by Gasteiger charge is 2.13. The Bertz CT molecular complexity index is 678. The lowest BCUT2D eigenvalue weighted by atomic mass is 10.2. The zero-order chi connectivity index (χ0) is 12.5. The smallest absolute Gasteiger partial charge is 0.182 e. The van der Waals surface area contributed by atoms with E-state index in [4.69, 9.17) is 0 Å². The molecule has 0 radical (unpaired) electrons. The van der Waals surface area contributed by atoms with Crippen LogP contribution in [0.15, 0.2) is 40.2 Å². The van der Waals surface area contributed by atoms with Crippen molar-refractivity contribution in [2.45, 2.75) is 0 Å². The van der Waals surface area contributed by atoms with E-state index in [-0.39, 0.29) is 5.82 Å². The number of nitrogens with zero attached hydrogens (tertiary/aromatic N) is 2. The number of thiophene rings is 1. The molecule has 0 saturated heterocycles. The Kier molecular flexibility index (Phi) is 2.97. The van der Waals surface area contributed by atoms with Crippen molar-refractivity contribution in [2.75, 3.05) is 0 Å². The molecule has 0 aliphatic heterocycles. The van der Waals surface area contributed by atoms with Crippen molar-refractivity contribution in [1.29, 1.82) is 0 Å². The van der Waals surface area contributed by atoms with Gasteiger partial charge in [-0.05, 0) is 39.5 Å². The lowest BCUT2D eigenvalue weighted by molar-refractivity contribution is 0.621. The largest absolute Gasteiger partial charge is 0.258 e. The molecule has 0 aliphatic rings. The Hall–Kier alpha value is -1.53. The Morgan fingerprint density at radius 1 is 1.22 bits per heavy atom. The van der Waals surface area contributed by atoms with Gasteiger partial charge >= 0.3 is 0 Å². The van der Waals surface area contributed by atoms with Crippen molar-refractivity contribution in [1.82, 2.24) is 15.2 Å². The van der Waals surface area contributed by atoms with Crippen LogP contribution in [0.5, 0.6) is 0 Å². The van der Waals surface area contributed by atoms with Gasteiger partial charge in [-0.25, -0.2) is 9.37 Å². The van der Waals surface area contributed by atoms with Crippen LogP contribution in [0.2, 0.25) is 0 Å². The highest BCUT2D eigenvalue weighted by molar-refractivity contribution is 9.10. The quantitative estimate of drug-likeness (QED) is 0.771. The molecular formula is C12H7BrFN3S. The van der Waals surface area contributed by atoms with Gasteiger partial charge in [0, 0.05) is 5.56 Å². The van der Waals surface area contributed by atoms with Gasteiger partial charge in [0.15, 0.2) is 11.6 Å². The van der Waals surface area contributed by atoms with Crippen LogP contribution in [0, 0.1) is 5.82 Å². The summed E-state index contributed by atoms with van der Waals surface area (Å²) in [5.74, 6) is 0.843. The number of aromatic amines is 1. The predicted octanol–water partition coefficient (Wildman–Crippen LogP) is 4.10. The Labute approximate surface area is 115 Å². The van der Waals surface area contributed by atoms with Crippen LogP contribution in [0.1, 0.15) is 0 Å². The monoisotopic (exact) mass is 323 g/mol. The van der Waals surface area contributed by atoms with Crippen LogP contribution in [0.4, 0.5) is 4.39 Å². The molecule has 18 heavy (non-hydrogen) atoms. The Morgan fingerprint density at radius 2 is 2.11 bits per heavy atom. The van der Waals surface area contributed by atoms with Crippen LogP contribution in [0.25, 0.3) is 22.1 Å². The Morgan fingerprint density at radius 3 is 2.89 bits per heavy atom. The summed E-state index contributed by atoms with van der Waals surface area (Å²) in [6.45, 7) is 0. The van der Waals surface area contributed by atoms with Gasteiger partial charge in [-0.3, -0.25) is 5.10 Å². The molecule has 0 bridgehead atoms. The maximum Gasteiger partial charge on any atom is 0.182 e. The number of H-pyrrole nitrogens is 1. The molecule has 6 heteroatoms. The summed E-state index contributed by atoms with van der Waals surface area (Å²) in [6, 6.07) is 8.70. The van der Waals surface area contributed by atoms with Crippen LogP contribution in [-0.4, -0.2) is 15.2 Å². The third-order valence-electron chi connectivity index (χ3n) is 2.43. The lowest BCUT2D eigenvalue weighted by Crippen LogP contribution is -1.86. The van der Waals surface area contributed by atoms with Gasteiger partial charge in [0.1, 0.15) is 5.82 Å². The summed E-state index contributed by atoms with van der Waals surface area (Å²) in [7, 11) is 0. The molecule has 1 N–H and O–H groups in total. The first-order valence-corrected chi connectivity index (χ1v) is 6.83. The standard InChI is InChI=1S/C12H7BrFN3S/c13-10-7(3-1-4-8(10)14)11-15-12(17-16-11)9-5-2-6-18-9/h1-6H,(H,15,16,17). The second kappa shape index (κ2) is 4.62. The molecule has 0 spiro atoms. The fourth-order valence-electron chi connectivity index (χ4n) is 1.58. The minimum absolute atomic E-state index is 0.324. The number of halogens is 2. The molecule has 0 amide bonds. The molecular weight excluding hydrogens is 317 g/mol. The van der Waals surface area contributed by atoms with Crippen LogP contribution < -0.4 is 0 Å². The lowest BCUT2D eigenvalue weighted by Gasteiger charge is -1.99. The van der Waals surface area contributed by atoms with Crippen molar-refractivity contribution < 1.29 is 4.39 Å². The molecule has 3 nitrogen and oxygen atoms in total. The molecule has 2 aromatic heterocycles. The highest BCUT2D eigenvalue weighted by Crippen LogP contribution is 2.29. The van der Waals surface area contributed by atoms with E-state index in [2.05, 4.69) is 31.1 Å². The first-order chi connectivity index (χ1) is 8.75. The maximum absolute atomic E-state index is 13.4. The van der Waals surface area contributed by atoms with Gasteiger partial charge in [0.05, 0.1) is 9.35 Å². The van der Waals surface area contributed by atoms with Gasteiger partial charge in [-0.2, -0.15) is 5.10 Å². The first kappa shape index (κ1) is 11.6. The van der Waals surface area contributed by atoms with Crippen molar-refractivity contribution in [3.05, 3.63) is 46.0 Å². The minimum Gasteiger partial charge on any atom is -0.258 e. The summed E-state index contributed by atoms with van der Waals surface area (Å²) in [6.07, 6.45) is 0. The summed E-state index contributed by atoms with van der Waals surface area (Å²) >= 11 is 4.78. The summed E-state index contributed by atoms with van der Waals surface area (Å²) < 4.78 is 13.8.